The second-order valence-electron chi connectivity index (χ2n) is 8.89. The molecule has 6 heteroatoms. The molecule has 180 valence electrons. The second-order valence-corrected chi connectivity index (χ2v) is 9.33. The van der Waals surface area contributed by atoms with Crippen LogP contribution in [0.4, 0.5) is 0 Å². The van der Waals surface area contributed by atoms with Crippen LogP contribution in [0.3, 0.4) is 0 Å². The Balaban J connectivity index is 1.39. The predicted molar refractivity (Wildman–Crippen MR) is 152 cm³/mol. The summed E-state index contributed by atoms with van der Waals surface area (Å²) in [6, 6.07) is 35.5. The number of rotatable bonds is 4. The maximum Gasteiger partial charge on any atom is 0.167 e. The molecule has 3 heterocycles. The van der Waals surface area contributed by atoms with E-state index in [0.717, 1.165) is 49.9 Å². The number of hydrogen-bond donors (Lipinski definition) is 0. The van der Waals surface area contributed by atoms with E-state index in [-0.39, 0.29) is 0 Å². The van der Waals surface area contributed by atoms with E-state index in [9.17, 15) is 0 Å². The fourth-order valence-corrected chi connectivity index (χ4v) is 4.71. The van der Waals surface area contributed by atoms with Crippen LogP contribution in [0, 0.1) is 0 Å². The number of para-hydroxylation sites is 2. The Bertz CT molecular complexity index is 1910. The minimum absolute atomic E-state index is 0.539. The number of benzene rings is 4. The molecule has 5 nitrogen and oxygen atoms in total. The Morgan fingerprint density at radius 1 is 0.526 bits per heavy atom. The normalized spacial score (nSPS) is 11.3. The number of nitrogens with zero attached hydrogens (tertiary/aromatic N) is 4. The number of aromatic nitrogens is 4. The summed E-state index contributed by atoms with van der Waals surface area (Å²) in [6.07, 6.45) is 1.79. The molecule has 0 unspecified atom stereocenters. The molecule has 0 saturated carbocycles. The Morgan fingerprint density at radius 3 is 2.00 bits per heavy atom. The van der Waals surface area contributed by atoms with Crippen LogP contribution in [0.1, 0.15) is 0 Å². The summed E-state index contributed by atoms with van der Waals surface area (Å²) in [7, 11) is 0. The predicted octanol–water partition coefficient (Wildman–Crippen LogP) is 8.49. The molecule has 38 heavy (non-hydrogen) atoms. The van der Waals surface area contributed by atoms with Crippen molar-refractivity contribution in [1.82, 2.24) is 19.9 Å². The van der Waals surface area contributed by atoms with Gasteiger partial charge in [-0.3, -0.25) is 4.98 Å². The highest BCUT2D eigenvalue weighted by atomic mass is 35.5. The SMILES string of the molecule is Clc1ccc(-c2ccc(-c3nc(-c4ccccc4)nc(-c4cccc5c4oc4ccccc45)n3)cn2)cc1. The molecule has 0 saturated heterocycles. The molecule has 0 amide bonds. The van der Waals surface area contributed by atoms with Crippen LogP contribution in [-0.4, -0.2) is 19.9 Å². The largest absolute Gasteiger partial charge is 0.455 e. The Kier molecular flexibility index (Phi) is 5.42. The van der Waals surface area contributed by atoms with Gasteiger partial charge in [-0.1, -0.05) is 84.4 Å². The van der Waals surface area contributed by atoms with Gasteiger partial charge in [0.25, 0.3) is 0 Å². The lowest BCUT2D eigenvalue weighted by atomic mass is 10.1. The maximum absolute atomic E-state index is 6.28. The number of furan rings is 1. The zero-order chi connectivity index (χ0) is 25.5. The van der Waals surface area contributed by atoms with E-state index in [1.54, 1.807) is 6.20 Å². The van der Waals surface area contributed by atoms with Crippen molar-refractivity contribution < 1.29 is 4.42 Å². The summed E-state index contributed by atoms with van der Waals surface area (Å²) in [5.41, 5.74) is 5.91. The minimum atomic E-state index is 0.539. The van der Waals surface area contributed by atoms with Gasteiger partial charge in [0.15, 0.2) is 17.5 Å². The van der Waals surface area contributed by atoms with Crippen LogP contribution in [0.15, 0.2) is 120 Å². The highest BCUT2D eigenvalue weighted by molar-refractivity contribution is 6.30. The van der Waals surface area contributed by atoms with Gasteiger partial charge in [-0.2, -0.15) is 0 Å². The van der Waals surface area contributed by atoms with Gasteiger partial charge < -0.3 is 4.42 Å². The van der Waals surface area contributed by atoms with Gasteiger partial charge in [0.05, 0.1) is 11.3 Å². The topological polar surface area (TPSA) is 64.7 Å². The summed E-state index contributed by atoms with van der Waals surface area (Å²) >= 11 is 6.04. The molecule has 0 bridgehead atoms. The standard InChI is InChI=1S/C32H19ClN4O/c33-23-16-13-20(14-17-23)27-18-15-22(19-34-27)31-35-30(21-7-2-1-3-8-21)36-32(37-31)26-11-6-10-25-24-9-4-5-12-28(24)38-29(25)26/h1-19H. The summed E-state index contributed by atoms with van der Waals surface area (Å²) in [5.74, 6) is 1.66. The van der Waals surface area contributed by atoms with Gasteiger partial charge in [-0.05, 0) is 36.4 Å². The maximum atomic E-state index is 6.28. The van der Waals surface area contributed by atoms with E-state index in [1.165, 1.54) is 0 Å². The van der Waals surface area contributed by atoms with Gasteiger partial charge in [0, 0.05) is 38.7 Å². The highest BCUT2D eigenvalue weighted by Gasteiger charge is 2.17. The summed E-state index contributed by atoms with van der Waals surface area (Å²) in [6.45, 7) is 0. The van der Waals surface area contributed by atoms with Crippen molar-refractivity contribution in [1.29, 1.82) is 0 Å². The lowest BCUT2D eigenvalue weighted by Crippen LogP contribution is -2.00. The quantitative estimate of drug-likeness (QED) is 0.237. The molecule has 7 rings (SSSR count). The fraction of sp³-hybridized carbons (Fsp3) is 0. The van der Waals surface area contributed by atoms with Crippen molar-refractivity contribution in [2.75, 3.05) is 0 Å². The van der Waals surface area contributed by atoms with Crippen LogP contribution in [0.2, 0.25) is 5.02 Å². The van der Waals surface area contributed by atoms with E-state index in [2.05, 4.69) is 17.1 Å². The molecule has 7 aromatic rings. The number of fused-ring (bicyclic) bond motifs is 3. The summed E-state index contributed by atoms with van der Waals surface area (Å²) in [5, 5.41) is 2.77. The fourth-order valence-electron chi connectivity index (χ4n) is 4.58. The smallest absolute Gasteiger partial charge is 0.167 e. The second kappa shape index (κ2) is 9.21. The lowest BCUT2D eigenvalue weighted by molar-refractivity contribution is 0.669. The van der Waals surface area contributed by atoms with E-state index in [1.807, 2.05) is 97.1 Å². The molecule has 0 aliphatic carbocycles. The molecule has 0 fully saturated rings. The van der Waals surface area contributed by atoms with Crippen molar-refractivity contribution in [2.45, 2.75) is 0 Å². The number of halogens is 1. The third kappa shape index (κ3) is 3.99. The van der Waals surface area contributed by atoms with Crippen molar-refractivity contribution >= 4 is 33.5 Å². The molecule has 4 aromatic carbocycles. The first-order valence-corrected chi connectivity index (χ1v) is 12.6. The van der Waals surface area contributed by atoms with Gasteiger partial charge in [0.2, 0.25) is 0 Å². The van der Waals surface area contributed by atoms with Crippen LogP contribution in [0.5, 0.6) is 0 Å². The first-order chi connectivity index (χ1) is 18.7. The molecule has 0 atom stereocenters. The molecular formula is C32H19ClN4O. The lowest BCUT2D eigenvalue weighted by Gasteiger charge is -2.09. The average molecular weight is 511 g/mol. The molecule has 0 aliphatic rings. The van der Waals surface area contributed by atoms with Crippen LogP contribution in [0.25, 0.3) is 67.4 Å². The number of hydrogen-bond acceptors (Lipinski definition) is 5. The van der Waals surface area contributed by atoms with Gasteiger partial charge in [-0.15, -0.1) is 0 Å². The Labute approximate surface area is 223 Å². The van der Waals surface area contributed by atoms with Crippen molar-refractivity contribution in [3.05, 3.63) is 120 Å². The van der Waals surface area contributed by atoms with Crippen LogP contribution < -0.4 is 0 Å². The number of pyridine rings is 1. The molecule has 0 aliphatic heterocycles. The van der Waals surface area contributed by atoms with E-state index < -0.39 is 0 Å². The van der Waals surface area contributed by atoms with Gasteiger partial charge in [0.1, 0.15) is 11.2 Å². The zero-order valence-electron chi connectivity index (χ0n) is 20.0. The molecule has 0 spiro atoms. The zero-order valence-corrected chi connectivity index (χ0v) is 20.8. The van der Waals surface area contributed by atoms with E-state index >= 15 is 0 Å². The van der Waals surface area contributed by atoms with E-state index in [0.29, 0.717) is 22.5 Å². The first kappa shape index (κ1) is 22.3. The molecule has 0 N–H and O–H groups in total. The van der Waals surface area contributed by atoms with Crippen molar-refractivity contribution in [2.24, 2.45) is 0 Å². The van der Waals surface area contributed by atoms with Crippen molar-refractivity contribution in [3.63, 3.8) is 0 Å². The summed E-state index contributed by atoms with van der Waals surface area (Å²) < 4.78 is 6.28. The minimum Gasteiger partial charge on any atom is -0.455 e. The molecular weight excluding hydrogens is 492 g/mol. The average Bonchev–Trinajstić information content (AvgIpc) is 3.37. The van der Waals surface area contributed by atoms with Gasteiger partial charge in [-0.25, -0.2) is 15.0 Å². The third-order valence-corrected chi connectivity index (χ3v) is 6.73. The van der Waals surface area contributed by atoms with Crippen LogP contribution in [-0.2, 0) is 0 Å². The van der Waals surface area contributed by atoms with Crippen molar-refractivity contribution in [3.8, 4) is 45.4 Å². The Morgan fingerprint density at radius 2 is 1.21 bits per heavy atom. The Hall–Kier alpha value is -4.87. The monoisotopic (exact) mass is 510 g/mol. The van der Waals surface area contributed by atoms with Crippen LogP contribution >= 0.6 is 11.6 Å². The third-order valence-electron chi connectivity index (χ3n) is 6.47. The summed E-state index contributed by atoms with van der Waals surface area (Å²) in [4.78, 5) is 19.3. The molecule has 0 radical (unpaired) electrons. The molecule has 3 aromatic heterocycles. The highest BCUT2D eigenvalue weighted by Crippen LogP contribution is 2.35. The van der Waals surface area contributed by atoms with Gasteiger partial charge >= 0.3 is 0 Å². The first-order valence-electron chi connectivity index (χ1n) is 12.2. The van der Waals surface area contributed by atoms with E-state index in [4.69, 9.17) is 31.0 Å².